The lowest BCUT2D eigenvalue weighted by molar-refractivity contribution is 0.149. The Kier molecular flexibility index (Phi) is 5.24. The van der Waals surface area contributed by atoms with Crippen molar-refractivity contribution < 1.29 is 19.4 Å². The van der Waals surface area contributed by atoms with Gasteiger partial charge in [0.2, 0.25) is 0 Å². The van der Waals surface area contributed by atoms with Crippen LogP contribution in [0.3, 0.4) is 0 Å². The first-order chi connectivity index (χ1) is 4.13. The lowest BCUT2D eigenvalue weighted by Gasteiger charge is -2.04. The summed E-state index contributed by atoms with van der Waals surface area (Å²) in [6, 6.07) is 0. The van der Waals surface area contributed by atoms with Crippen LogP contribution in [-0.4, -0.2) is 27.6 Å². The Morgan fingerprint density at radius 3 is 2.44 bits per heavy atom. The molecule has 0 amide bonds. The van der Waals surface area contributed by atoms with Crippen molar-refractivity contribution in [3.63, 3.8) is 0 Å². The van der Waals surface area contributed by atoms with Crippen LogP contribution in [-0.2, 0) is 4.52 Å². The summed E-state index contributed by atoms with van der Waals surface area (Å²) < 4.78 is 4.37. The monoisotopic (exact) mass is 154 g/mol. The number of aliphatic hydroxyl groups is 1. The lowest BCUT2D eigenvalue weighted by atomic mass is 10.3. The van der Waals surface area contributed by atoms with Gasteiger partial charge in [0.05, 0.1) is 12.7 Å². The molecule has 1 atom stereocenters. The zero-order valence-corrected chi connectivity index (χ0v) is 6.08. The molecule has 1 unspecified atom stereocenters. The zero-order valence-electron chi connectivity index (χ0n) is 5.19. The Bertz CT molecular complexity index is 57.6. The van der Waals surface area contributed by atoms with Crippen molar-refractivity contribution in [2.45, 2.75) is 19.4 Å². The standard InChI is InChI=1S/C4H11O4P/c1-4(5)2-3-8-9(6)7/h4-7H,2-3H2,1H3. The quantitative estimate of drug-likeness (QED) is 0.498. The van der Waals surface area contributed by atoms with Gasteiger partial charge in [-0.2, -0.15) is 0 Å². The van der Waals surface area contributed by atoms with Crippen LogP contribution < -0.4 is 0 Å². The third-order valence-corrected chi connectivity index (χ3v) is 1.16. The van der Waals surface area contributed by atoms with Crippen LogP contribution in [0, 0.1) is 0 Å². The van der Waals surface area contributed by atoms with Gasteiger partial charge in [-0.3, -0.25) is 0 Å². The van der Waals surface area contributed by atoms with Crippen molar-refractivity contribution in [1.82, 2.24) is 0 Å². The van der Waals surface area contributed by atoms with Crippen molar-refractivity contribution in [1.29, 1.82) is 0 Å². The molecule has 0 spiro atoms. The molecule has 56 valence electrons. The predicted octanol–water partition coefficient (Wildman–Crippen LogP) is -0.0146. The van der Waals surface area contributed by atoms with Gasteiger partial charge in [0, 0.05) is 0 Å². The number of hydrogen-bond donors (Lipinski definition) is 3. The molecule has 3 N–H and O–H groups in total. The molecule has 9 heavy (non-hydrogen) atoms. The normalized spacial score (nSPS) is 14.3. The molecule has 5 heteroatoms. The Labute approximate surface area is 55.1 Å². The van der Waals surface area contributed by atoms with Gasteiger partial charge in [-0.1, -0.05) is 0 Å². The predicted molar refractivity (Wildman–Crippen MR) is 33.6 cm³/mol. The van der Waals surface area contributed by atoms with Gasteiger partial charge in [-0.15, -0.1) is 0 Å². The van der Waals surface area contributed by atoms with E-state index in [4.69, 9.17) is 14.9 Å². The molecule has 0 bridgehead atoms. The molecular formula is C4H11O4P. The first kappa shape index (κ1) is 9.27. The minimum absolute atomic E-state index is 0.191. The van der Waals surface area contributed by atoms with Crippen LogP contribution in [0.1, 0.15) is 13.3 Å². The van der Waals surface area contributed by atoms with Gasteiger partial charge in [-0.05, 0) is 13.3 Å². The minimum atomic E-state index is -2.24. The van der Waals surface area contributed by atoms with Crippen LogP contribution in [0.25, 0.3) is 0 Å². The molecule has 0 aliphatic carbocycles. The molecule has 0 rings (SSSR count). The fourth-order valence-corrected chi connectivity index (χ4v) is 0.574. The van der Waals surface area contributed by atoms with E-state index in [1.165, 1.54) is 0 Å². The maximum atomic E-state index is 8.63. The summed E-state index contributed by atoms with van der Waals surface area (Å²) in [4.78, 5) is 16.4. The van der Waals surface area contributed by atoms with Crippen LogP contribution in [0.4, 0.5) is 0 Å². The highest BCUT2D eigenvalue weighted by Gasteiger charge is 2.00. The van der Waals surface area contributed by atoms with E-state index in [0.717, 1.165) is 0 Å². The lowest BCUT2D eigenvalue weighted by Crippen LogP contribution is -2.03. The third kappa shape index (κ3) is 8.27. The van der Waals surface area contributed by atoms with Crippen LogP contribution in [0.15, 0.2) is 0 Å². The van der Waals surface area contributed by atoms with Gasteiger partial charge in [-0.25, -0.2) is 0 Å². The summed E-state index contributed by atoms with van der Waals surface area (Å²) in [6.07, 6.45) is -0.0140. The number of hydrogen-bond acceptors (Lipinski definition) is 4. The largest absolute Gasteiger partial charge is 0.393 e. The molecule has 0 aromatic heterocycles. The number of rotatable bonds is 4. The second-order valence-corrected chi connectivity index (χ2v) is 2.49. The Hall–Kier alpha value is 0.270. The second kappa shape index (κ2) is 5.09. The average molecular weight is 154 g/mol. The first-order valence-electron chi connectivity index (χ1n) is 2.62. The van der Waals surface area contributed by atoms with E-state index >= 15 is 0 Å². The van der Waals surface area contributed by atoms with Gasteiger partial charge in [0.25, 0.3) is 0 Å². The van der Waals surface area contributed by atoms with Gasteiger partial charge in [0.1, 0.15) is 0 Å². The third-order valence-electron chi connectivity index (χ3n) is 0.742. The van der Waals surface area contributed by atoms with Crippen LogP contribution in [0.2, 0.25) is 0 Å². The van der Waals surface area contributed by atoms with Crippen molar-refractivity contribution in [3.8, 4) is 0 Å². The van der Waals surface area contributed by atoms with E-state index in [1.807, 2.05) is 0 Å². The molecule has 0 aromatic carbocycles. The molecule has 0 fully saturated rings. The van der Waals surface area contributed by atoms with Crippen LogP contribution >= 0.6 is 8.60 Å². The molecular weight excluding hydrogens is 143 g/mol. The summed E-state index contributed by atoms with van der Waals surface area (Å²) in [5, 5.41) is 8.63. The summed E-state index contributed by atoms with van der Waals surface area (Å²) in [7, 11) is -2.24. The van der Waals surface area contributed by atoms with E-state index in [0.29, 0.717) is 6.42 Å². The fourth-order valence-electron chi connectivity index (χ4n) is 0.305. The van der Waals surface area contributed by atoms with Crippen molar-refractivity contribution >= 4 is 8.60 Å². The van der Waals surface area contributed by atoms with Gasteiger partial charge in [0.15, 0.2) is 0 Å². The summed E-state index contributed by atoms with van der Waals surface area (Å²) >= 11 is 0. The summed E-state index contributed by atoms with van der Waals surface area (Å²) in [5.41, 5.74) is 0. The summed E-state index contributed by atoms with van der Waals surface area (Å²) in [6.45, 7) is 1.80. The summed E-state index contributed by atoms with van der Waals surface area (Å²) in [5.74, 6) is 0. The van der Waals surface area contributed by atoms with E-state index in [-0.39, 0.29) is 6.61 Å². The highest BCUT2D eigenvalue weighted by Crippen LogP contribution is 2.24. The highest BCUT2D eigenvalue weighted by molar-refractivity contribution is 7.39. The van der Waals surface area contributed by atoms with E-state index < -0.39 is 14.7 Å². The Balaban J connectivity index is 2.91. The highest BCUT2D eigenvalue weighted by atomic mass is 31.2. The van der Waals surface area contributed by atoms with E-state index in [2.05, 4.69) is 4.52 Å². The zero-order chi connectivity index (χ0) is 7.28. The van der Waals surface area contributed by atoms with Crippen molar-refractivity contribution in [2.75, 3.05) is 6.61 Å². The van der Waals surface area contributed by atoms with Gasteiger partial charge < -0.3 is 19.4 Å². The Morgan fingerprint density at radius 1 is 1.56 bits per heavy atom. The van der Waals surface area contributed by atoms with E-state index in [1.54, 1.807) is 6.92 Å². The van der Waals surface area contributed by atoms with Crippen LogP contribution in [0.5, 0.6) is 0 Å². The molecule has 0 aliphatic rings. The maximum absolute atomic E-state index is 8.63. The fraction of sp³-hybridized carbons (Fsp3) is 1.00. The molecule has 0 saturated carbocycles. The number of aliphatic hydroxyl groups excluding tert-OH is 1. The van der Waals surface area contributed by atoms with Crippen molar-refractivity contribution in [2.24, 2.45) is 0 Å². The average Bonchev–Trinajstić information content (AvgIpc) is 1.63. The topological polar surface area (TPSA) is 69.9 Å². The molecule has 0 aromatic rings. The van der Waals surface area contributed by atoms with Gasteiger partial charge >= 0.3 is 8.60 Å². The second-order valence-electron chi connectivity index (χ2n) is 1.72. The minimum Gasteiger partial charge on any atom is -0.393 e. The van der Waals surface area contributed by atoms with Crippen molar-refractivity contribution in [3.05, 3.63) is 0 Å². The maximum Gasteiger partial charge on any atom is 0.327 e. The first-order valence-corrected chi connectivity index (χ1v) is 3.78. The Morgan fingerprint density at radius 2 is 2.11 bits per heavy atom. The molecule has 0 aliphatic heterocycles. The molecule has 0 saturated heterocycles. The van der Waals surface area contributed by atoms with E-state index in [9.17, 15) is 0 Å². The SMILES string of the molecule is CC(O)CCOP(O)O. The molecule has 0 radical (unpaired) electrons. The molecule has 0 heterocycles. The molecule has 4 nitrogen and oxygen atoms in total. The smallest absolute Gasteiger partial charge is 0.327 e.